The Morgan fingerprint density at radius 3 is 2.63 bits per heavy atom. The molecule has 0 radical (unpaired) electrons. The highest BCUT2D eigenvalue weighted by Crippen LogP contribution is 2.83. The molecule has 0 amide bonds. The lowest BCUT2D eigenvalue weighted by Crippen LogP contribution is -2.86. The van der Waals surface area contributed by atoms with Crippen molar-refractivity contribution in [3.05, 3.63) is 0 Å². The Morgan fingerprint density at radius 1 is 1.20 bits per heavy atom. The van der Waals surface area contributed by atoms with Crippen molar-refractivity contribution >= 4 is 0 Å². The summed E-state index contributed by atoms with van der Waals surface area (Å²) in [5, 5.41) is 36.6. The third kappa shape index (κ3) is 1.48. The number of aliphatic hydroxyl groups excluding tert-OH is 1. The van der Waals surface area contributed by atoms with Crippen LogP contribution in [0.2, 0.25) is 0 Å². The van der Waals surface area contributed by atoms with Gasteiger partial charge in [0.25, 0.3) is 0 Å². The number of hydrogen-bond donors (Lipinski definition) is 3. The summed E-state index contributed by atoms with van der Waals surface area (Å²) in [7, 11) is 3.35. The van der Waals surface area contributed by atoms with Gasteiger partial charge in [0.1, 0.15) is 17.4 Å². The van der Waals surface area contributed by atoms with Crippen LogP contribution in [0.15, 0.2) is 0 Å². The summed E-state index contributed by atoms with van der Waals surface area (Å²) in [6.07, 6.45) is 1.81. The van der Waals surface area contributed by atoms with Gasteiger partial charge in [-0.15, -0.1) is 0 Å². The highest BCUT2D eigenvalue weighted by Gasteiger charge is 2.94. The van der Waals surface area contributed by atoms with Crippen molar-refractivity contribution in [2.75, 3.05) is 20.8 Å². The van der Waals surface area contributed by atoms with E-state index < -0.39 is 23.4 Å². The Labute approximate surface area is 177 Å². The number of piperidine rings is 1. The first kappa shape index (κ1) is 19.2. The Balaban J connectivity index is 1.56. The standard InChI is InChI=1S/C23H35NO6/c1-5-24-18-22-11-8-10-12(28-3)9-21(26,14(11)15(10)25)23(18,27)17(29-4)16(22)20(2)7-6-13(22)30-19(20)24/h10-19,25-27H,5-9H2,1-4H3/t10-,11-,12+,13+,14+,15+,16-,17+,18+,19-,20-,21-,22+,23-/m1/s1. The molecule has 4 saturated heterocycles. The van der Waals surface area contributed by atoms with Crippen LogP contribution >= 0.6 is 0 Å². The van der Waals surface area contributed by atoms with E-state index in [9.17, 15) is 15.3 Å². The molecule has 0 aromatic carbocycles. The maximum Gasteiger partial charge on any atom is 0.136 e. The van der Waals surface area contributed by atoms with E-state index in [-0.39, 0.29) is 59.0 Å². The van der Waals surface area contributed by atoms with Crippen molar-refractivity contribution in [3.8, 4) is 0 Å². The van der Waals surface area contributed by atoms with Crippen molar-refractivity contribution in [2.45, 2.75) is 87.4 Å². The fraction of sp³-hybridized carbons (Fsp3) is 1.00. The van der Waals surface area contributed by atoms with Crippen LogP contribution in [-0.4, -0.2) is 88.9 Å². The zero-order valence-corrected chi connectivity index (χ0v) is 18.3. The van der Waals surface area contributed by atoms with Crippen molar-refractivity contribution in [1.29, 1.82) is 0 Å². The third-order valence-corrected chi connectivity index (χ3v) is 11.4. The smallest absolute Gasteiger partial charge is 0.136 e. The van der Waals surface area contributed by atoms with Gasteiger partial charge in [0.2, 0.25) is 0 Å². The van der Waals surface area contributed by atoms with Gasteiger partial charge in [-0.2, -0.15) is 0 Å². The van der Waals surface area contributed by atoms with E-state index in [0.29, 0.717) is 6.42 Å². The summed E-state index contributed by atoms with van der Waals surface area (Å²) in [6, 6.07) is -0.213. The highest BCUT2D eigenvalue weighted by molar-refractivity contribution is 5.42. The van der Waals surface area contributed by atoms with Gasteiger partial charge in [-0.1, -0.05) is 13.8 Å². The van der Waals surface area contributed by atoms with E-state index in [2.05, 4.69) is 18.7 Å². The SMILES string of the molecule is CCN1[C@@H]2O[C@H]3CC[C@]2(C)[C@H]2[C@H](OC)[C@@]4(O)[C@@H]1[C@@]32[C@@H]1C[C@H]2[C@H](O)[C@H]1[C@]4(O)C[C@@H]2OC. The summed E-state index contributed by atoms with van der Waals surface area (Å²) in [6.45, 7) is 5.21. The lowest BCUT2D eigenvalue weighted by molar-refractivity contribution is -0.404. The van der Waals surface area contributed by atoms with E-state index in [1.165, 1.54) is 0 Å². The molecule has 1 spiro atoms. The number of aliphatic hydroxyl groups is 3. The summed E-state index contributed by atoms with van der Waals surface area (Å²) in [4.78, 5) is 2.35. The number of fused-ring (bicyclic) bond motifs is 3. The van der Waals surface area contributed by atoms with Crippen LogP contribution in [0.5, 0.6) is 0 Å². The van der Waals surface area contributed by atoms with E-state index in [4.69, 9.17) is 14.2 Å². The van der Waals surface area contributed by atoms with Crippen LogP contribution in [0.25, 0.3) is 0 Å². The van der Waals surface area contributed by atoms with Crippen LogP contribution < -0.4 is 0 Å². The molecule has 14 atom stereocenters. The molecular weight excluding hydrogens is 386 g/mol. The summed E-state index contributed by atoms with van der Waals surface area (Å²) in [5.74, 6) is -0.141. The van der Waals surface area contributed by atoms with Gasteiger partial charge >= 0.3 is 0 Å². The predicted molar refractivity (Wildman–Crippen MR) is 105 cm³/mol. The Morgan fingerprint density at radius 2 is 1.97 bits per heavy atom. The topological polar surface area (TPSA) is 91.6 Å². The second-order valence-electron chi connectivity index (χ2n) is 11.6. The molecule has 4 heterocycles. The third-order valence-electron chi connectivity index (χ3n) is 11.4. The maximum atomic E-state index is 12.7. The minimum Gasteiger partial charge on any atom is -0.392 e. The number of rotatable bonds is 3. The minimum atomic E-state index is -1.46. The first-order chi connectivity index (χ1) is 14.3. The Hall–Kier alpha value is -0.280. The monoisotopic (exact) mass is 421 g/mol. The molecule has 9 aliphatic rings. The molecule has 9 rings (SSSR count). The normalized spacial score (nSPS) is 69.3. The zero-order valence-electron chi connectivity index (χ0n) is 18.3. The van der Waals surface area contributed by atoms with Gasteiger partial charge in [0.05, 0.1) is 30.5 Å². The van der Waals surface area contributed by atoms with Crippen LogP contribution in [0.4, 0.5) is 0 Å². The molecule has 5 aliphatic carbocycles. The number of ether oxygens (including phenoxy) is 3. The second-order valence-corrected chi connectivity index (χ2v) is 11.6. The van der Waals surface area contributed by atoms with Gasteiger partial charge in [-0.3, -0.25) is 4.90 Å². The molecule has 30 heavy (non-hydrogen) atoms. The minimum absolute atomic E-state index is 0.00320. The number of hydrogen-bond acceptors (Lipinski definition) is 7. The molecule has 0 unspecified atom stereocenters. The van der Waals surface area contributed by atoms with Crippen LogP contribution in [0.1, 0.15) is 39.5 Å². The molecule has 0 aromatic rings. The average Bonchev–Trinajstić information content (AvgIpc) is 3.12. The van der Waals surface area contributed by atoms with Gasteiger partial charge in [-0.05, 0) is 31.7 Å². The summed E-state index contributed by atoms with van der Waals surface area (Å²) < 4.78 is 18.7. The summed E-state index contributed by atoms with van der Waals surface area (Å²) in [5.41, 5.74) is -3.34. The first-order valence-electron chi connectivity index (χ1n) is 11.9. The quantitative estimate of drug-likeness (QED) is 0.606. The lowest BCUT2D eigenvalue weighted by Gasteiger charge is -2.76. The van der Waals surface area contributed by atoms with Crippen LogP contribution in [-0.2, 0) is 14.2 Å². The van der Waals surface area contributed by atoms with Gasteiger partial charge in [0, 0.05) is 49.2 Å². The Kier molecular flexibility index (Phi) is 3.37. The lowest BCUT2D eigenvalue weighted by atomic mass is 9.41. The van der Waals surface area contributed by atoms with Gasteiger partial charge in [-0.25, -0.2) is 0 Å². The molecule has 168 valence electrons. The molecule has 7 nitrogen and oxygen atoms in total. The fourth-order valence-corrected chi connectivity index (χ4v) is 11.0. The van der Waals surface area contributed by atoms with E-state index >= 15 is 0 Å². The molecular formula is C23H35NO6. The van der Waals surface area contributed by atoms with Crippen LogP contribution in [0, 0.1) is 34.5 Å². The molecule has 3 N–H and O–H groups in total. The summed E-state index contributed by atoms with van der Waals surface area (Å²) >= 11 is 0. The van der Waals surface area contributed by atoms with E-state index in [0.717, 1.165) is 25.8 Å². The second kappa shape index (κ2) is 5.27. The van der Waals surface area contributed by atoms with E-state index in [1.807, 2.05) is 0 Å². The van der Waals surface area contributed by atoms with Gasteiger partial charge < -0.3 is 29.5 Å². The largest absolute Gasteiger partial charge is 0.392 e. The van der Waals surface area contributed by atoms with Crippen LogP contribution in [0.3, 0.4) is 0 Å². The van der Waals surface area contributed by atoms with Crippen molar-refractivity contribution in [1.82, 2.24) is 4.90 Å². The number of likely N-dealkylation sites (N-methyl/N-ethyl adjacent to an activating group) is 1. The highest BCUT2D eigenvalue weighted by atomic mass is 16.5. The van der Waals surface area contributed by atoms with Crippen molar-refractivity contribution < 1.29 is 29.5 Å². The maximum absolute atomic E-state index is 12.7. The molecule has 0 aromatic heterocycles. The van der Waals surface area contributed by atoms with E-state index in [1.54, 1.807) is 14.2 Å². The van der Waals surface area contributed by atoms with Crippen molar-refractivity contribution in [2.24, 2.45) is 34.5 Å². The molecule has 5 saturated carbocycles. The fourth-order valence-electron chi connectivity index (χ4n) is 11.0. The molecule has 4 aliphatic heterocycles. The zero-order chi connectivity index (χ0) is 21.0. The van der Waals surface area contributed by atoms with Crippen molar-refractivity contribution in [3.63, 3.8) is 0 Å². The molecule has 7 heteroatoms. The number of methoxy groups -OCH3 is 2. The average molecular weight is 422 g/mol. The predicted octanol–water partition coefficient (Wildman–Crippen LogP) is 0.354. The van der Waals surface area contributed by atoms with Gasteiger partial charge in [0.15, 0.2) is 0 Å². The Bertz CT molecular complexity index is 811. The molecule has 9 fully saturated rings. The number of nitrogens with zero attached hydrogens (tertiary/aromatic N) is 1. The first-order valence-corrected chi connectivity index (χ1v) is 11.9. The molecule has 9 bridgehead atoms.